The third-order valence-electron chi connectivity index (χ3n) is 10.0. The second-order valence-corrected chi connectivity index (χ2v) is 13.4. The van der Waals surface area contributed by atoms with Gasteiger partial charge in [0.2, 0.25) is 11.5 Å². The van der Waals surface area contributed by atoms with Crippen LogP contribution in [0.2, 0.25) is 0 Å². The van der Waals surface area contributed by atoms with Crippen LogP contribution < -0.4 is 15.6 Å². The van der Waals surface area contributed by atoms with Gasteiger partial charge in [-0.25, -0.2) is 0 Å². The van der Waals surface area contributed by atoms with Crippen LogP contribution >= 0.6 is 0 Å². The number of nitrogens with one attached hydrogen (secondary N) is 2. The molecule has 5 aromatic rings. The smallest absolute Gasteiger partial charge is 0.314 e. The number of aliphatic hydroxyl groups excluding tert-OH is 1. The normalized spacial score (nSPS) is 14.6. The molecular formula is C42H45N3O7. The van der Waals surface area contributed by atoms with Crippen molar-refractivity contribution in [3.8, 4) is 22.6 Å². The molecular weight excluding hydrogens is 658 g/mol. The number of fused-ring (bicyclic) bond motifs is 1. The number of carbonyl (C=O) groups is 2. The van der Waals surface area contributed by atoms with Crippen LogP contribution in [0.5, 0.6) is 11.5 Å². The number of aromatic nitrogens is 1. The van der Waals surface area contributed by atoms with Crippen molar-refractivity contribution >= 4 is 22.8 Å². The fourth-order valence-electron chi connectivity index (χ4n) is 7.07. The number of unbranched alkanes of at least 4 members (excludes halogenated alkanes) is 2. The third-order valence-corrected chi connectivity index (χ3v) is 10.0. The number of rotatable bonds is 15. The molecule has 52 heavy (non-hydrogen) atoms. The summed E-state index contributed by atoms with van der Waals surface area (Å²) in [4.78, 5) is 41.9. The Morgan fingerprint density at radius 3 is 2.35 bits per heavy atom. The molecule has 4 aromatic carbocycles. The number of ether oxygens (including phenoxy) is 1. The molecule has 0 spiro atoms. The van der Waals surface area contributed by atoms with Gasteiger partial charge in [-0.05, 0) is 85.2 Å². The van der Waals surface area contributed by atoms with Gasteiger partial charge in [0.05, 0.1) is 30.1 Å². The molecule has 0 aliphatic carbocycles. The molecule has 10 nitrogen and oxygen atoms in total. The molecule has 2 heterocycles. The monoisotopic (exact) mass is 703 g/mol. The number of hydrogen-bond acceptors (Lipinski definition) is 7. The summed E-state index contributed by atoms with van der Waals surface area (Å²) in [6.45, 7) is 2.35. The van der Waals surface area contributed by atoms with Crippen molar-refractivity contribution < 1.29 is 29.6 Å². The highest BCUT2D eigenvalue weighted by molar-refractivity contribution is 5.87. The van der Waals surface area contributed by atoms with Crippen molar-refractivity contribution in [2.45, 2.75) is 50.0 Å². The summed E-state index contributed by atoms with van der Waals surface area (Å²) in [6, 6.07) is 31.3. The van der Waals surface area contributed by atoms with Gasteiger partial charge in [-0.2, -0.15) is 0 Å². The number of benzene rings is 4. The maximum Gasteiger partial charge on any atom is 0.314 e. The quantitative estimate of drug-likeness (QED) is 0.0838. The molecule has 0 unspecified atom stereocenters. The number of hydrogen-bond donors (Lipinski definition) is 5. The molecule has 1 amide bonds. The lowest BCUT2D eigenvalue weighted by Gasteiger charge is -2.39. The van der Waals surface area contributed by atoms with E-state index in [0.29, 0.717) is 62.1 Å². The van der Waals surface area contributed by atoms with Gasteiger partial charge in [0.25, 0.3) is 0 Å². The second kappa shape index (κ2) is 16.7. The molecule has 1 atom stereocenters. The zero-order chi connectivity index (χ0) is 36.5. The van der Waals surface area contributed by atoms with Gasteiger partial charge in [0.15, 0.2) is 0 Å². The van der Waals surface area contributed by atoms with Crippen molar-refractivity contribution in [3.63, 3.8) is 0 Å². The minimum atomic E-state index is -0.981. The summed E-state index contributed by atoms with van der Waals surface area (Å²) in [5.74, 6) is -0.154. The summed E-state index contributed by atoms with van der Waals surface area (Å²) in [7, 11) is 0. The van der Waals surface area contributed by atoms with E-state index in [9.17, 15) is 29.7 Å². The minimum Gasteiger partial charge on any atom is -0.506 e. The van der Waals surface area contributed by atoms with Crippen LogP contribution in [0, 0.1) is 0 Å². The van der Waals surface area contributed by atoms with Gasteiger partial charge in [0.1, 0.15) is 11.5 Å². The maximum absolute atomic E-state index is 13.4. The Bertz CT molecular complexity index is 2040. The van der Waals surface area contributed by atoms with Crippen LogP contribution in [0.4, 0.5) is 0 Å². The number of pyridine rings is 1. The highest BCUT2D eigenvalue weighted by Crippen LogP contribution is 2.37. The Balaban J connectivity index is 0.986. The number of aliphatic carboxylic acids is 1. The number of carboxylic acids is 1. The maximum atomic E-state index is 13.4. The third kappa shape index (κ3) is 8.36. The van der Waals surface area contributed by atoms with E-state index in [1.807, 2.05) is 78.9 Å². The molecule has 1 aliphatic rings. The molecule has 1 aromatic heterocycles. The van der Waals surface area contributed by atoms with Crippen molar-refractivity contribution in [1.29, 1.82) is 0 Å². The van der Waals surface area contributed by atoms with Crippen LogP contribution in [0.15, 0.2) is 108 Å². The number of piperidine rings is 1. The van der Waals surface area contributed by atoms with E-state index in [1.165, 1.54) is 12.1 Å². The lowest BCUT2D eigenvalue weighted by molar-refractivity contribution is -0.148. The van der Waals surface area contributed by atoms with Crippen molar-refractivity contribution in [2.75, 3.05) is 32.8 Å². The van der Waals surface area contributed by atoms with Crippen molar-refractivity contribution in [1.82, 2.24) is 15.2 Å². The average molecular weight is 704 g/mol. The highest BCUT2D eigenvalue weighted by Gasteiger charge is 2.43. The zero-order valence-corrected chi connectivity index (χ0v) is 29.1. The summed E-state index contributed by atoms with van der Waals surface area (Å²) in [5.41, 5.74) is 3.21. The molecule has 1 aliphatic heterocycles. The number of aromatic amines is 1. The molecule has 6 rings (SSSR count). The number of phenolic OH excluding ortho intramolecular Hbond substituents is 1. The zero-order valence-electron chi connectivity index (χ0n) is 29.1. The average Bonchev–Trinajstić information content (AvgIpc) is 3.17. The van der Waals surface area contributed by atoms with E-state index in [4.69, 9.17) is 4.74 Å². The molecule has 270 valence electrons. The second-order valence-electron chi connectivity index (χ2n) is 13.4. The Morgan fingerprint density at radius 2 is 1.62 bits per heavy atom. The predicted octanol–water partition coefficient (Wildman–Crippen LogP) is 5.96. The fraction of sp³-hybridized carbons (Fsp3) is 0.310. The van der Waals surface area contributed by atoms with Gasteiger partial charge in [-0.1, -0.05) is 72.8 Å². The summed E-state index contributed by atoms with van der Waals surface area (Å²) in [5, 5.41) is 34.9. The number of carboxylic acid groups (broad SMARTS) is 1. The number of nitrogens with zero attached hydrogens (tertiary/aromatic N) is 1. The Hall–Kier alpha value is -5.45. The van der Waals surface area contributed by atoms with E-state index < -0.39 is 17.5 Å². The van der Waals surface area contributed by atoms with Crippen molar-refractivity contribution in [2.24, 2.45) is 0 Å². The first kappa shape index (κ1) is 36.3. The highest BCUT2D eigenvalue weighted by atomic mass is 16.5. The number of aliphatic hydroxyl groups is 1. The first-order chi connectivity index (χ1) is 25.2. The fourth-order valence-corrected chi connectivity index (χ4v) is 7.07. The van der Waals surface area contributed by atoms with E-state index in [2.05, 4.69) is 10.3 Å². The van der Waals surface area contributed by atoms with Gasteiger partial charge in [0, 0.05) is 36.7 Å². The summed E-state index contributed by atoms with van der Waals surface area (Å²) < 4.78 is 6.26. The first-order valence-corrected chi connectivity index (χ1v) is 17.9. The number of carbonyl (C=O) groups excluding carboxylic acids is 1. The molecule has 1 saturated heterocycles. The number of amides is 1. The molecule has 0 bridgehead atoms. The SMILES string of the molecule is O=C(Cc1ccc(OCCCCCNC[C@H](O)c2ccc(O)c3[nH]c(=O)ccc23)c(-c2ccccc2)c1)N1CCC(C(=O)O)(c2ccccc2)CC1. The number of H-pyrrole nitrogens is 1. The molecule has 10 heteroatoms. The van der Waals surface area contributed by atoms with Crippen LogP contribution in [0.25, 0.3) is 22.0 Å². The van der Waals surface area contributed by atoms with Crippen LogP contribution in [-0.2, 0) is 21.4 Å². The number of phenols is 1. The Labute approximate surface area is 302 Å². The predicted molar refractivity (Wildman–Crippen MR) is 201 cm³/mol. The minimum absolute atomic E-state index is 0.0198. The van der Waals surface area contributed by atoms with Crippen LogP contribution in [-0.4, -0.2) is 69.9 Å². The van der Waals surface area contributed by atoms with E-state index in [-0.39, 0.29) is 23.6 Å². The number of likely N-dealkylation sites (tertiary alicyclic amines) is 1. The number of aromatic hydroxyl groups is 1. The molecule has 0 radical (unpaired) electrons. The lowest BCUT2D eigenvalue weighted by atomic mass is 9.73. The molecule has 1 fully saturated rings. The Morgan fingerprint density at radius 1 is 0.885 bits per heavy atom. The summed E-state index contributed by atoms with van der Waals surface area (Å²) >= 11 is 0. The lowest BCUT2D eigenvalue weighted by Crippen LogP contribution is -2.49. The topological polar surface area (TPSA) is 152 Å². The standard InChI is InChI=1S/C42H45N3O7/c46-35-17-15-32(33-16-19-38(48)44-40(33)35)36(47)28-43-22-8-3-9-25-52-37-18-14-29(26-34(37)30-10-4-1-5-11-30)27-39(49)45-23-20-42(21-24-45,41(50)51)31-12-6-2-7-13-31/h1-2,4-7,10-19,26,36,43,46-47H,3,8-9,20-25,27-28H2,(H,44,48)(H,50,51)/t36-/m0/s1. The van der Waals surface area contributed by atoms with Crippen LogP contribution in [0.1, 0.15) is 54.9 Å². The largest absolute Gasteiger partial charge is 0.506 e. The van der Waals surface area contributed by atoms with Gasteiger partial charge in [-0.15, -0.1) is 0 Å². The van der Waals surface area contributed by atoms with E-state index >= 15 is 0 Å². The molecule has 5 N–H and O–H groups in total. The van der Waals surface area contributed by atoms with Crippen LogP contribution in [0.3, 0.4) is 0 Å². The molecule has 0 saturated carbocycles. The van der Waals surface area contributed by atoms with Gasteiger partial charge in [-0.3, -0.25) is 14.4 Å². The first-order valence-electron chi connectivity index (χ1n) is 17.9. The van der Waals surface area contributed by atoms with E-state index in [1.54, 1.807) is 17.0 Å². The Kier molecular flexibility index (Phi) is 11.7. The van der Waals surface area contributed by atoms with Gasteiger partial charge >= 0.3 is 5.97 Å². The van der Waals surface area contributed by atoms with E-state index in [0.717, 1.165) is 47.3 Å². The van der Waals surface area contributed by atoms with Crippen molar-refractivity contribution in [3.05, 3.63) is 130 Å². The summed E-state index contributed by atoms with van der Waals surface area (Å²) in [6.07, 6.45) is 2.81. The van der Waals surface area contributed by atoms with Gasteiger partial charge < -0.3 is 35.3 Å².